The number of pyridine rings is 1. The summed E-state index contributed by atoms with van der Waals surface area (Å²) in [6, 6.07) is 9.22. The molecule has 0 aliphatic rings. The van der Waals surface area contributed by atoms with E-state index in [1.54, 1.807) is 30.1 Å². The molecule has 104 valence electrons. The van der Waals surface area contributed by atoms with Gasteiger partial charge in [0.25, 0.3) is 0 Å². The summed E-state index contributed by atoms with van der Waals surface area (Å²) in [6.45, 7) is 0.480. The molecule has 0 fully saturated rings. The Morgan fingerprint density at radius 3 is 2.55 bits per heavy atom. The zero-order valence-electron chi connectivity index (χ0n) is 10.7. The molecule has 2 aromatic rings. The maximum atomic E-state index is 12.8. The van der Waals surface area contributed by atoms with E-state index >= 15 is 0 Å². The molecule has 0 aliphatic heterocycles. The molecular formula is C14H12ClFN2O2. The number of benzene rings is 1. The molecule has 0 aliphatic carbocycles. The molecule has 1 aromatic carbocycles. The van der Waals surface area contributed by atoms with Crippen molar-refractivity contribution in [3.63, 3.8) is 0 Å². The number of aromatic carboxylic acids is 1. The van der Waals surface area contributed by atoms with Crippen molar-refractivity contribution < 1.29 is 14.3 Å². The van der Waals surface area contributed by atoms with Crippen LogP contribution in [0.4, 0.5) is 10.2 Å². The molecule has 0 saturated carbocycles. The SMILES string of the molecule is CN(Cc1ccc(F)cc1)c1ccc(Cl)c(C(=O)O)n1. The number of anilines is 1. The lowest BCUT2D eigenvalue weighted by atomic mass is 10.2. The van der Waals surface area contributed by atoms with Crippen LogP contribution < -0.4 is 4.90 Å². The minimum absolute atomic E-state index is 0.0939. The molecule has 0 bridgehead atoms. The average Bonchev–Trinajstić information content (AvgIpc) is 2.41. The minimum atomic E-state index is -1.17. The van der Waals surface area contributed by atoms with Crippen molar-refractivity contribution in [1.82, 2.24) is 4.98 Å². The van der Waals surface area contributed by atoms with Gasteiger partial charge in [-0.1, -0.05) is 23.7 Å². The summed E-state index contributed by atoms with van der Waals surface area (Å²) in [5.74, 6) is -0.989. The smallest absolute Gasteiger partial charge is 0.356 e. The van der Waals surface area contributed by atoms with Crippen LogP contribution in [0.5, 0.6) is 0 Å². The fourth-order valence-corrected chi connectivity index (χ4v) is 1.93. The highest BCUT2D eigenvalue weighted by Crippen LogP contribution is 2.20. The van der Waals surface area contributed by atoms with Crippen LogP contribution in [0.3, 0.4) is 0 Å². The van der Waals surface area contributed by atoms with Crippen LogP contribution in [0, 0.1) is 5.82 Å². The molecule has 2 rings (SSSR count). The standard InChI is InChI=1S/C14H12ClFN2O2/c1-18(8-9-2-4-10(16)5-3-9)12-7-6-11(15)13(17-12)14(19)20/h2-7H,8H2,1H3,(H,19,20). The zero-order chi connectivity index (χ0) is 14.7. The fraction of sp³-hybridized carbons (Fsp3) is 0.143. The van der Waals surface area contributed by atoms with Gasteiger partial charge in [-0.3, -0.25) is 0 Å². The van der Waals surface area contributed by atoms with Gasteiger partial charge in [-0.2, -0.15) is 0 Å². The first kappa shape index (κ1) is 14.3. The highest BCUT2D eigenvalue weighted by molar-refractivity contribution is 6.33. The molecule has 0 unspecified atom stereocenters. The Balaban J connectivity index is 2.20. The topological polar surface area (TPSA) is 53.4 Å². The molecule has 1 N–H and O–H groups in total. The van der Waals surface area contributed by atoms with Crippen molar-refractivity contribution in [2.24, 2.45) is 0 Å². The molecule has 0 radical (unpaired) electrons. The number of nitrogens with zero attached hydrogens (tertiary/aromatic N) is 2. The highest BCUT2D eigenvalue weighted by atomic mass is 35.5. The maximum Gasteiger partial charge on any atom is 0.356 e. The molecule has 4 nitrogen and oxygen atoms in total. The normalized spacial score (nSPS) is 10.3. The average molecular weight is 295 g/mol. The minimum Gasteiger partial charge on any atom is -0.476 e. The molecule has 0 atom stereocenters. The summed E-state index contributed by atoms with van der Waals surface area (Å²) in [5, 5.41) is 9.08. The lowest BCUT2D eigenvalue weighted by Crippen LogP contribution is -2.19. The van der Waals surface area contributed by atoms with E-state index in [2.05, 4.69) is 4.98 Å². The number of rotatable bonds is 4. The summed E-state index contributed by atoms with van der Waals surface area (Å²) in [6.07, 6.45) is 0. The van der Waals surface area contributed by atoms with Gasteiger partial charge in [0.15, 0.2) is 5.69 Å². The van der Waals surface area contributed by atoms with E-state index < -0.39 is 5.97 Å². The number of hydrogen-bond donors (Lipinski definition) is 1. The van der Waals surface area contributed by atoms with Gasteiger partial charge in [-0.15, -0.1) is 0 Å². The number of carboxylic acids is 1. The third-order valence-corrected chi connectivity index (χ3v) is 3.06. The van der Waals surface area contributed by atoms with Gasteiger partial charge >= 0.3 is 5.97 Å². The lowest BCUT2D eigenvalue weighted by Gasteiger charge is -2.18. The summed E-state index contributed by atoms with van der Waals surface area (Å²) in [4.78, 5) is 16.8. The summed E-state index contributed by atoms with van der Waals surface area (Å²) < 4.78 is 12.8. The second-order valence-electron chi connectivity index (χ2n) is 4.29. The van der Waals surface area contributed by atoms with Crippen molar-refractivity contribution in [3.8, 4) is 0 Å². The number of hydrogen-bond acceptors (Lipinski definition) is 3. The molecule has 0 spiro atoms. The van der Waals surface area contributed by atoms with E-state index in [1.165, 1.54) is 18.2 Å². The Bertz CT molecular complexity index is 632. The molecule has 0 amide bonds. The quantitative estimate of drug-likeness (QED) is 0.941. The summed E-state index contributed by atoms with van der Waals surface area (Å²) in [7, 11) is 1.77. The van der Waals surface area contributed by atoms with Crippen molar-refractivity contribution in [2.45, 2.75) is 6.54 Å². The first-order valence-electron chi connectivity index (χ1n) is 5.83. The third-order valence-electron chi connectivity index (χ3n) is 2.76. The number of aromatic nitrogens is 1. The Labute approximate surface area is 120 Å². The van der Waals surface area contributed by atoms with Gasteiger partial charge in [-0.25, -0.2) is 14.2 Å². The van der Waals surface area contributed by atoms with Crippen LogP contribution in [-0.4, -0.2) is 23.1 Å². The molecule has 1 aromatic heterocycles. The number of carbonyl (C=O) groups is 1. The second kappa shape index (κ2) is 5.88. The number of halogens is 2. The fourth-order valence-electron chi connectivity index (χ4n) is 1.74. The van der Waals surface area contributed by atoms with Crippen molar-refractivity contribution in [1.29, 1.82) is 0 Å². The van der Waals surface area contributed by atoms with Gasteiger partial charge in [0.1, 0.15) is 11.6 Å². The van der Waals surface area contributed by atoms with E-state index in [0.29, 0.717) is 12.4 Å². The number of carboxylic acid groups (broad SMARTS) is 1. The van der Waals surface area contributed by atoms with Crippen LogP contribution in [0.15, 0.2) is 36.4 Å². The molecule has 6 heteroatoms. The van der Waals surface area contributed by atoms with Crippen LogP contribution in [0.2, 0.25) is 5.02 Å². The molecule has 0 saturated heterocycles. The van der Waals surface area contributed by atoms with E-state index in [1.807, 2.05) is 0 Å². The monoisotopic (exact) mass is 294 g/mol. The van der Waals surface area contributed by atoms with Crippen LogP contribution in [0.1, 0.15) is 16.1 Å². The van der Waals surface area contributed by atoms with E-state index in [0.717, 1.165) is 5.56 Å². The Kier molecular flexibility index (Phi) is 4.20. The first-order valence-corrected chi connectivity index (χ1v) is 6.20. The van der Waals surface area contributed by atoms with E-state index in [9.17, 15) is 9.18 Å². The van der Waals surface area contributed by atoms with Gasteiger partial charge in [0.2, 0.25) is 0 Å². The lowest BCUT2D eigenvalue weighted by molar-refractivity contribution is 0.0691. The van der Waals surface area contributed by atoms with Crippen molar-refractivity contribution in [2.75, 3.05) is 11.9 Å². The molecular weight excluding hydrogens is 283 g/mol. The van der Waals surface area contributed by atoms with Crippen LogP contribution >= 0.6 is 11.6 Å². The van der Waals surface area contributed by atoms with Gasteiger partial charge in [0.05, 0.1) is 5.02 Å². The van der Waals surface area contributed by atoms with Gasteiger partial charge in [0, 0.05) is 13.6 Å². The van der Waals surface area contributed by atoms with E-state index in [-0.39, 0.29) is 16.5 Å². The van der Waals surface area contributed by atoms with Crippen LogP contribution in [-0.2, 0) is 6.54 Å². The Hall–Kier alpha value is -2.14. The highest BCUT2D eigenvalue weighted by Gasteiger charge is 2.13. The first-order chi connectivity index (χ1) is 9.47. The van der Waals surface area contributed by atoms with Gasteiger partial charge in [-0.05, 0) is 29.8 Å². The van der Waals surface area contributed by atoms with E-state index in [4.69, 9.17) is 16.7 Å². The predicted octanol–water partition coefficient (Wildman–Crippen LogP) is 3.21. The van der Waals surface area contributed by atoms with Crippen molar-refractivity contribution in [3.05, 3.63) is 58.5 Å². The molecule has 20 heavy (non-hydrogen) atoms. The molecule has 1 heterocycles. The predicted molar refractivity (Wildman–Crippen MR) is 74.7 cm³/mol. The zero-order valence-corrected chi connectivity index (χ0v) is 11.4. The Morgan fingerprint density at radius 1 is 1.30 bits per heavy atom. The summed E-state index contributed by atoms with van der Waals surface area (Å²) >= 11 is 5.77. The van der Waals surface area contributed by atoms with Crippen molar-refractivity contribution >= 4 is 23.4 Å². The van der Waals surface area contributed by atoms with Crippen LogP contribution in [0.25, 0.3) is 0 Å². The third kappa shape index (κ3) is 3.24. The largest absolute Gasteiger partial charge is 0.476 e. The van der Waals surface area contributed by atoms with Gasteiger partial charge < -0.3 is 10.0 Å². The second-order valence-corrected chi connectivity index (χ2v) is 4.69. The summed E-state index contributed by atoms with van der Waals surface area (Å²) in [5.41, 5.74) is 0.706. The Morgan fingerprint density at radius 2 is 1.95 bits per heavy atom. The maximum absolute atomic E-state index is 12.8.